The van der Waals surface area contributed by atoms with Crippen molar-refractivity contribution in [2.75, 3.05) is 36.4 Å². The van der Waals surface area contributed by atoms with E-state index in [4.69, 9.17) is 9.40 Å². The Hall–Kier alpha value is -3.39. The van der Waals surface area contributed by atoms with Crippen molar-refractivity contribution in [2.45, 2.75) is 38.6 Å². The third-order valence-electron chi connectivity index (χ3n) is 6.86. The summed E-state index contributed by atoms with van der Waals surface area (Å²) >= 11 is 0. The second-order valence-corrected chi connectivity index (χ2v) is 9.09. The summed E-state index contributed by atoms with van der Waals surface area (Å²) in [7, 11) is 0. The van der Waals surface area contributed by atoms with Gasteiger partial charge in [-0.3, -0.25) is 4.79 Å². The SMILES string of the molecule is Cc1cc2cnc(Nc3ccc4c(=O)cc(N5CCNCC5)oc4c3)nc2n1C1CCCC1. The fourth-order valence-electron chi connectivity index (χ4n) is 5.21. The molecule has 0 atom stereocenters. The van der Waals surface area contributed by atoms with Crippen LogP contribution in [0.4, 0.5) is 17.5 Å². The van der Waals surface area contributed by atoms with E-state index in [2.05, 4.69) is 38.1 Å². The van der Waals surface area contributed by atoms with Crippen LogP contribution in [0.15, 0.2) is 45.7 Å². The first kappa shape index (κ1) is 20.2. The van der Waals surface area contributed by atoms with Gasteiger partial charge in [-0.05, 0) is 38.0 Å². The minimum Gasteiger partial charge on any atom is -0.440 e. The lowest BCUT2D eigenvalue weighted by atomic mass is 10.2. The van der Waals surface area contributed by atoms with Crippen molar-refractivity contribution in [2.24, 2.45) is 0 Å². The van der Waals surface area contributed by atoms with Crippen LogP contribution in [0.5, 0.6) is 0 Å². The van der Waals surface area contributed by atoms with Crippen molar-refractivity contribution in [3.8, 4) is 0 Å². The Morgan fingerprint density at radius 2 is 1.94 bits per heavy atom. The maximum absolute atomic E-state index is 12.7. The minimum atomic E-state index is -0.0288. The molecule has 0 unspecified atom stereocenters. The fourth-order valence-corrected chi connectivity index (χ4v) is 5.21. The van der Waals surface area contributed by atoms with E-state index in [0.29, 0.717) is 28.8 Å². The molecule has 0 amide bonds. The molecule has 6 rings (SSSR count). The van der Waals surface area contributed by atoms with Gasteiger partial charge in [-0.15, -0.1) is 0 Å². The fraction of sp³-hybridized carbons (Fsp3) is 0.400. The van der Waals surface area contributed by atoms with Crippen molar-refractivity contribution in [3.63, 3.8) is 0 Å². The number of hydrogen-bond acceptors (Lipinski definition) is 7. The molecule has 1 aliphatic heterocycles. The van der Waals surface area contributed by atoms with Crippen molar-refractivity contribution in [3.05, 3.63) is 52.4 Å². The van der Waals surface area contributed by atoms with E-state index in [1.165, 1.54) is 31.4 Å². The van der Waals surface area contributed by atoms with Crippen LogP contribution in [0.3, 0.4) is 0 Å². The number of aryl methyl sites for hydroxylation is 1. The van der Waals surface area contributed by atoms with E-state index >= 15 is 0 Å². The molecule has 2 N–H and O–H groups in total. The highest BCUT2D eigenvalue weighted by molar-refractivity contribution is 5.83. The van der Waals surface area contributed by atoms with Crippen LogP contribution in [0, 0.1) is 6.92 Å². The molecular weight excluding hydrogens is 416 g/mol. The normalized spacial score (nSPS) is 17.3. The molecule has 1 saturated carbocycles. The summed E-state index contributed by atoms with van der Waals surface area (Å²) in [6, 6.07) is 9.81. The van der Waals surface area contributed by atoms with Gasteiger partial charge in [0.25, 0.3) is 0 Å². The molecule has 2 fully saturated rings. The molecule has 1 saturated heterocycles. The largest absolute Gasteiger partial charge is 0.440 e. The van der Waals surface area contributed by atoms with Gasteiger partial charge in [-0.1, -0.05) is 12.8 Å². The molecular formula is C25H28N6O2. The average Bonchev–Trinajstić information content (AvgIpc) is 3.46. The van der Waals surface area contributed by atoms with Gasteiger partial charge in [-0.25, -0.2) is 4.98 Å². The second-order valence-electron chi connectivity index (χ2n) is 9.09. The van der Waals surface area contributed by atoms with Crippen molar-refractivity contribution < 1.29 is 4.42 Å². The summed E-state index contributed by atoms with van der Waals surface area (Å²) in [6.45, 7) is 5.55. The highest BCUT2D eigenvalue weighted by Crippen LogP contribution is 2.34. The Morgan fingerprint density at radius 3 is 2.76 bits per heavy atom. The highest BCUT2D eigenvalue weighted by atomic mass is 16.4. The van der Waals surface area contributed by atoms with Gasteiger partial charge < -0.3 is 24.5 Å². The predicted molar refractivity (Wildman–Crippen MR) is 131 cm³/mol. The lowest BCUT2D eigenvalue weighted by Gasteiger charge is -2.27. The first-order valence-corrected chi connectivity index (χ1v) is 11.8. The Kier molecular flexibility index (Phi) is 5.02. The first-order chi connectivity index (χ1) is 16.2. The van der Waals surface area contributed by atoms with E-state index in [-0.39, 0.29) is 5.43 Å². The Bertz CT molecular complexity index is 1380. The number of aromatic nitrogens is 3. The number of fused-ring (bicyclic) bond motifs is 2. The van der Waals surface area contributed by atoms with Gasteiger partial charge >= 0.3 is 0 Å². The number of piperazine rings is 1. The molecule has 2 aliphatic rings. The van der Waals surface area contributed by atoms with Crippen LogP contribution in [-0.2, 0) is 0 Å². The Balaban J connectivity index is 1.34. The summed E-state index contributed by atoms with van der Waals surface area (Å²) in [5.41, 5.74) is 3.53. The zero-order valence-electron chi connectivity index (χ0n) is 18.8. The summed E-state index contributed by atoms with van der Waals surface area (Å²) in [5.74, 6) is 1.16. The molecule has 4 aromatic rings. The van der Waals surface area contributed by atoms with Crippen LogP contribution < -0.4 is 21.0 Å². The highest BCUT2D eigenvalue weighted by Gasteiger charge is 2.21. The minimum absolute atomic E-state index is 0.0288. The predicted octanol–water partition coefficient (Wildman–Crippen LogP) is 4.11. The zero-order valence-corrected chi connectivity index (χ0v) is 18.8. The van der Waals surface area contributed by atoms with Crippen LogP contribution in [0.25, 0.3) is 22.0 Å². The van der Waals surface area contributed by atoms with E-state index in [1.807, 2.05) is 18.3 Å². The van der Waals surface area contributed by atoms with Crippen molar-refractivity contribution in [1.29, 1.82) is 0 Å². The molecule has 0 radical (unpaired) electrons. The third-order valence-corrected chi connectivity index (χ3v) is 6.86. The molecule has 4 heterocycles. The van der Waals surface area contributed by atoms with Crippen molar-refractivity contribution in [1.82, 2.24) is 19.9 Å². The lowest BCUT2D eigenvalue weighted by Crippen LogP contribution is -2.43. The molecule has 0 bridgehead atoms. The molecule has 33 heavy (non-hydrogen) atoms. The molecule has 1 aliphatic carbocycles. The van der Waals surface area contributed by atoms with Gasteiger partial charge in [0, 0.05) is 67.3 Å². The van der Waals surface area contributed by atoms with Gasteiger partial charge in [0.1, 0.15) is 11.2 Å². The van der Waals surface area contributed by atoms with Crippen LogP contribution in [0.1, 0.15) is 37.4 Å². The summed E-state index contributed by atoms with van der Waals surface area (Å²) in [4.78, 5) is 24.2. The van der Waals surface area contributed by atoms with E-state index < -0.39 is 0 Å². The topological polar surface area (TPSA) is 88.2 Å². The Morgan fingerprint density at radius 1 is 1.12 bits per heavy atom. The number of benzene rings is 1. The number of nitrogens with one attached hydrogen (secondary N) is 2. The van der Waals surface area contributed by atoms with Crippen molar-refractivity contribution >= 4 is 39.5 Å². The zero-order chi connectivity index (χ0) is 22.4. The summed E-state index contributed by atoms with van der Waals surface area (Å²) in [5, 5.41) is 8.27. The van der Waals surface area contributed by atoms with E-state index in [9.17, 15) is 4.79 Å². The Labute approximate surface area is 191 Å². The summed E-state index contributed by atoms with van der Waals surface area (Å²) < 4.78 is 8.50. The van der Waals surface area contributed by atoms with E-state index in [0.717, 1.165) is 42.9 Å². The van der Waals surface area contributed by atoms with Crippen LogP contribution >= 0.6 is 0 Å². The lowest BCUT2D eigenvalue weighted by molar-refractivity contribution is 0.521. The van der Waals surface area contributed by atoms with E-state index in [1.54, 1.807) is 12.1 Å². The number of anilines is 3. The third kappa shape index (κ3) is 3.74. The van der Waals surface area contributed by atoms with Gasteiger partial charge in [0.2, 0.25) is 5.95 Å². The maximum Gasteiger partial charge on any atom is 0.229 e. The smallest absolute Gasteiger partial charge is 0.229 e. The molecule has 3 aromatic heterocycles. The first-order valence-electron chi connectivity index (χ1n) is 11.8. The molecule has 170 valence electrons. The molecule has 0 spiro atoms. The van der Waals surface area contributed by atoms with Gasteiger partial charge in [-0.2, -0.15) is 4.98 Å². The molecule has 1 aromatic carbocycles. The maximum atomic E-state index is 12.7. The number of rotatable bonds is 4. The van der Waals surface area contributed by atoms with Crippen LogP contribution in [0.2, 0.25) is 0 Å². The quantitative estimate of drug-likeness (QED) is 0.490. The van der Waals surface area contributed by atoms with Gasteiger partial charge in [0.05, 0.1) is 5.39 Å². The molecule has 8 nitrogen and oxygen atoms in total. The summed E-state index contributed by atoms with van der Waals surface area (Å²) in [6.07, 6.45) is 6.84. The average molecular weight is 445 g/mol. The number of nitrogens with zero attached hydrogens (tertiary/aromatic N) is 4. The second kappa shape index (κ2) is 8.19. The monoisotopic (exact) mass is 444 g/mol. The van der Waals surface area contributed by atoms with Crippen LogP contribution in [-0.4, -0.2) is 40.7 Å². The molecule has 8 heteroatoms. The van der Waals surface area contributed by atoms with Gasteiger partial charge in [0.15, 0.2) is 11.3 Å². The standard InChI is InChI=1S/C25H28N6O2/c1-16-12-17-15-27-25(29-24(17)31(16)19-4-2-3-5-19)28-18-6-7-20-21(32)14-23(33-22(20)13-18)30-10-8-26-9-11-30/h6-7,12-15,19,26H,2-5,8-11H2,1H3,(H,27,28,29). The number of hydrogen-bond donors (Lipinski definition) is 2.